The topological polar surface area (TPSA) is 57.2 Å². The minimum absolute atomic E-state index is 0.206. The highest BCUT2D eigenvalue weighted by molar-refractivity contribution is 6.00. The second-order valence-corrected chi connectivity index (χ2v) is 8.14. The molecule has 0 aromatic heterocycles. The van der Waals surface area contributed by atoms with Gasteiger partial charge in [-0.2, -0.15) is 5.10 Å². The molecule has 1 heterocycles. The molecule has 0 aliphatic carbocycles. The summed E-state index contributed by atoms with van der Waals surface area (Å²) in [6.07, 6.45) is 0. The van der Waals surface area contributed by atoms with Gasteiger partial charge in [0.2, 0.25) is 0 Å². The third-order valence-electron chi connectivity index (χ3n) is 5.94. The largest absolute Gasteiger partial charge is 0.495 e. The fourth-order valence-electron chi connectivity index (χ4n) is 4.00. The first-order valence-corrected chi connectivity index (χ1v) is 11.2. The summed E-state index contributed by atoms with van der Waals surface area (Å²) in [5, 5.41) is 4.23. The Kier molecular flexibility index (Phi) is 7.37. The van der Waals surface area contributed by atoms with Crippen molar-refractivity contribution in [1.82, 2.24) is 10.3 Å². The van der Waals surface area contributed by atoms with Crippen LogP contribution in [-0.4, -0.2) is 49.8 Å². The molecule has 0 bridgehead atoms. The summed E-state index contributed by atoms with van der Waals surface area (Å²) in [5.41, 5.74) is 7.36. The average molecular weight is 443 g/mol. The molecular formula is C27H30N4O2. The molecule has 3 aromatic carbocycles. The number of amides is 1. The van der Waals surface area contributed by atoms with Crippen molar-refractivity contribution in [3.8, 4) is 5.75 Å². The Bertz CT molecular complexity index is 1090. The molecule has 170 valence electrons. The van der Waals surface area contributed by atoms with Crippen molar-refractivity contribution in [3.63, 3.8) is 0 Å². The fraction of sp³-hybridized carbons (Fsp3) is 0.259. The summed E-state index contributed by atoms with van der Waals surface area (Å²) in [5.74, 6) is 0.713. The molecule has 6 nitrogen and oxygen atoms in total. The lowest BCUT2D eigenvalue weighted by Gasteiger charge is -2.36. The highest BCUT2D eigenvalue weighted by Crippen LogP contribution is 2.28. The number of ether oxygens (including phenoxy) is 1. The van der Waals surface area contributed by atoms with Gasteiger partial charge in [-0.3, -0.25) is 9.69 Å². The quantitative estimate of drug-likeness (QED) is 0.441. The maximum absolute atomic E-state index is 12.5. The zero-order chi connectivity index (χ0) is 23.0. The molecule has 3 aromatic rings. The predicted molar refractivity (Wildman–Crippen MR) is 133 cm³/mol. The molecular weight excluding hydrogens is 412 g/mol. The number of carbonyl (C=O) groups excluding carboxylic acids is 1. The molecule has 0 spiro atoms. The number of nitrogens with zero attached hydrogens (tertiary/aromatic N) is 3. The molecule has 6 heteroatoms. The molecule has 33 heavy (non-hydrogen) atoms. The van der Waals surface area contributed by atoms with Crippen LogP contribution in [0.3, 0.4) is 0 Å². The first-order chi connectivity index (χ1) is 16.1. The summed E-state index contributed by atoms with van der Waals surface area (Å²) in [4.78, 5) is 17.3. The number of carbonyl (C=O) groups is 1. The second-order valence-electron chi connectivity index (χ2n) is 8.14. The van der Waals surface area contributed by atoms with Crippen LogP contribution in [0.5, 0.6) is 5.75 Å². The summed E-state index contributed by atoms with van der Waals surface area (Å²) in [6.45, 7) is 6.63. The van der Waals surface area contributed by atoms with Crippen LogP contribution in [0.4, 0.5) is 5.69 Å². The van der Waals surface area contributed by atoms with Gasteiger partial charge in [-0.05, 0) is 42.3 Å². The molecule has 1 saturated heterocycles. The molecule has 0 saturated carbocycles. The van der Waals surface area contributed by atoms with Gasteiger partial charge in [0.05, 0.1) is 18.5 Å². The van der Waals surface area contributed by atoms with Crippen molar-refractivity contribution in [2.24, 2.45) is 5.10 Å². The minimum Gasteiger partial charge on any atom is -0.495 e. The highest BCUT2D eigenvalue weighted by Gasteiger charge is 2.19. The smallest absolute Gasteiger partial charge is 0.271 e. The number of nitrogens with one attached hydrogen (secondary N) is 1. The summed E-state index contributed by atoms with van der Waals surface area (Å²) in [6, 6.07) is 25.7. The third-order valence-corrected chi connectivity index (χ3v) is 5.94. The maximum Gasteiger partial charge on any atom is 0.271 e. The number of anilines is 1. The number of methoxy groups -OCH3 is 1. The van der Waals surface area contributed by atoms with Crippen LogP contribution in [0, 0.1) is 0 Å². The Hall–Kier alpha value is -3.64. The first kappa shape index (κ1) is 22.6. The summed E-state index contributed by atoms with van der Waals surface area (Å²) < 4.78 is 5.51. The zero-order valence-electron chi connectivity index (χ0n) is 19.2. The van der Waals surface area contributed by atoms with Crippen molar-refractivity contribution >= 4 is 17.3 Å². The Morgan fingerprint density at radius 3 is 2.24 bits per heavy atom. The van der Waals surface area contributed by atoms with E-state index in [1.807, 2.05) is 73.7 Å². The van der Waals surface area contributed by atoms with E-state index in [1.54, 1.807) is 7.11 Å². The van der Waals surface area contributed by atoms with Gasteiger partial charge in [0, 0.05) is 38.3 Å². The fourth-order valence-corrected chi connectivity index (χ4v) is 4.00. The monoisotopic (exact) mass is 442 g/mol. The van der Waals surface area contributed by atoms with Crippen molar-refractivity contribution in [3.05, 3.63) is 95.6 Å². The third kappa shape index (κ3) is 5.79. The molecule has 1 fully saturated rings. The highest BCUT2D eigenvalue weighted by atomic mass is 16.5. The van der Waals surface area contributed by atoms with Gasteiger partial charge in [-0.1, -0.05) is 54.6 Å². The van der Waals surface area contributed by atoms with Crippen molar-refractivity contribution in [1.29, 1.82) is 0 Å². The minimum atomic E-state index is -0.206. The van der Waals surface area contributed by atoms with Crippen molar-refractivity contribution in [2.75, 3.05) is 38.2 Å². The van der Waals surface area contributed by atoms with E-state index in [1.165, 1.54) is 5.56 Å². The number of hydrogen-bond acceptors (Lipinski definition) is 5. The van der Waals surface area contributed by atoms with E-state index in [2.05, 4.69) is 32.5 Å². The van der Waals surface area contributed by atoms with Crippen molar-refractivity contribution < 1.29 is 9.53 Å². The van der Waals surface area contributed by atoms with Gasteiger partial charge >= 0.3 is 0 Å². The normalized spacial score (nSPS) is 14.7. The van der Waals surface area contributed by atoms with E-state index in [9.17, 15) is 4.79 Å². The number of benzene rings is 3. The SMILES string of the molecule is COc1ccccc1N1CCN(Cc2ccc(C(=O)N/N=C(/C)c3ccccc3)cc2)CC1. The molecule has 0 radical (unpaired) electrons. The van der Waals surface area contributed by atoms with Gasteiger partial charge in [0.15, 0.2) is 0 Å². The van der Waals surface area contributed by atoms with E-state index in [0.717, 1.165) is 55.4 Å². The van der Waals surface area contributed by atoms with Crippen LogP contribution in [0.1, 0.15) is 28.4 Å². The van der Waals surface area contributed by atoms with Crippen LogP contribution in [0.2, 0.25) is 0 Å². The number of hydrazone groups is 1. The summed E-state index contributed by atoms with van der Waals surface area (Å²) >= 11 is 0. The summed E-state index contributed by atoms with van der Waals surface area (Å²) in [7, 11) is 1.72. The number of hydrogen-bond donors (Lipinski definition) is 1. The van der Waals surface area contributed by atoms with Crippen molar-refractivity contribution in [2.45, 2.75) is 13.5 Å². The van der Waals surface area contributed by atoms with Gasteiger partial charge in [0.1, 0.15) is 5.75 Å². The molecule has 0 atom stereocenters. The van der Waals surface area contributed by atoms with Crippen LogP contribution in [0.15, 0.2) is 84.0 Å². The maximum atomic E-state index is 12.5. The first-order valence-electron chi connectivity index (χ1n) is 11.2. The lowest BCUT2D eigenvalue weighted by molar-refractivity contribution is 0.0955. The number of piperazine rings is 1. The van der Waals surface area contributed by atoms with E-state index >= 15 is 0 Å². The second kappa shape index (κ2) is 10.8. The molecule has 4 rings (SSSR count). The number of para-hydroxylation sites is 2. The van der Waals surface area contributed by atoms with Crippen LogP contribution in [0.25, 0.3) is 0 Å². The Labute approximate surface area is 195 Å². The Balaban J connectivity index is 1.29. The van der Waals surface area contributed by atoms with E-state index < -0.39 is 0 Å². The average Bonchev–Trinajstić information content (AvgIpc) is 2.88. The molecule has 1 N–H and O–H groups in total. The Morgan fingerprint density at radius 2 is 1.55 bits per heavy atom. The van der Waals surface area contributed by atoms with Crippen LogP contribution in [-0.2, 0) is 6.54 Å². The molecule has 0 unspecified atom stereocenters. The molecule has 1 amide bonds. The zero-order valence-corrected chi connectivity index (χ0v) is 19.2. The molecule has 1 aliphatic heterocycles. The standard InChI is InChI=1S/C27H30N4O2/c1-21(23-8-4-3-5-9-23)28-29-27(32)24-14-12-22(13-15-24)20-30-16-18-31(19-17-30)25-10-6-7-11-26(25)33-2/h3-15H,16-20H2,1-2H3,(H,29,32)/b28-21-. The Morgan fingerprint density at radius 1 is 0.879 bits per heavy atom. The van der Waals surface area contributed by atoms with Crippen LogP contribution >= 0.6 is 0 Å². The lowest BCUT2D eigenvalue weighted by Crippen LogP contribution is -2.46. The lowest BCUT2D eigenvalue weighted by atomic mass is 10.1. The predicted octanol–water partition coefficient (Wildman–Crippen LogP) is 4.17. The van der Waals surface area contributed by atoms with Gasteiger partial charge in [-0.25, -0.2) is 5.43 Å². The van der Waals surface area contributed by atoms with Gasteiger partial charge in [0.25, 0.3) is 5.91 Å². The van der Waals surface area contributed by atoms with Crippen LogP contribution < -0.4 is 15.1 Å². The van der Waals surface area contributed by atoms with Gasteiger partial charge in [-0.15, -0.1) is 0 Å². The van der Waals surface area contributed by atoms with E-state index in [0.29, 0.717) is 5.56 Å². The van der Waals surface area contributed by atoms with Gasteiger partial charge < -0.3 is 9.64 Å². The van der Waals surface area contributed by atoms with E-state index in [-0.39, 0.29) is 5.91 Å². The van der Waals surface area contributed by atoms with E-state index in [4.69, 9.17) is 4.74 Å². The molecule has 1 aliphatic rings. The number of rotatable bonds is 7.